The highest BCUT2D eigenvalue weighted by Gasteiger charge is 2.33. The molecule has 8 heteroatoms. The number of hydrogen-bond donors (Lipinski definition) is 4. The number of carbonyl (C=O) groups excluding carboxylic acids is 1. The molecule has 1 fully saturated rings. The van der Waals surface area contributed by atoms with E-state index in [1.54, 1.807) is 6.92 Å². The van der Waals surface area contributed by atoms with Crippen molar-refractivity contribution in [1.29, 1.82) is 0 Å². The van der Waals surface area contributed by atoms with Crippen molar-refractivity contribution in [3.05, 3.63) is 12.0 Å². The summed E-state index contributed by atoms with van der Waals surface area (Å²) >= 11 is 0. The van der Waals surface area contributed by atoms with Gasteiger partial charge >= 0.3 is 5.97 Å². The fourth-order valence-electron chi connectivity index (χ4n) is 2.25. The van der Waals surface area contributed by atoms with Crippen LogP contribution >= 0.6 is 0 Å². The molecule has 0 spiro atoms. The average molecular weight is 264 g/mol. The van der Waals surface area contributed by atoms with E-state index in [1.165, 1.54) is 6.33 Å². The van der Waals surface area contributed by atoms with E-state index in [0.29, 0.717) is 18.1 Å². The number of esters is 1. The molecule has 1 saturated heterocycles. The summed E-state index contributed by atoms with van der Waals surface area (Å²) in [5.74, 6) is 0.160. The van der Waals surface area contributed by atoms with Crippen molar-refractivity contribution in [2.24, 2.45) is 0 Å². The van der Waals surface area contributed by atoms with Crippen LogP contribution in [0.3, 0.4) is 0 Å². The van der Waals surface area contributed by atoms with Gasteiger partial charge in [-0.2, -0.15) is 0 Å². The van der Waals surface area contributed by atoms with E-state index in [9.17, 15) is 4.79 Å². The van der Waals surface area contributed by atoms with Crippen molar-refractivity contribution >= 4 is 17.5 Å². The molecule has 19 heavy (non-hydrogen) atoms. The van der Waals surface area contributed by atoms with Gasteiger partial charge in [-0.1, -0.05) is 0 Å². The molecule has 1 aromatic rings. The lowest BCUT2D eigenvalue weighted by Gasteiger charge is -2.39. The zero-order chi connectivity index (χ0) is 13.2. The molecule has 2 aliphatic rings. The Bertz CT molecular complexity index is 494. The van der Waals surface area contributed by atoms with E-state index >= 15 is 0 Å². The van der Waals surface area contributed by atoms with Gasteiger partial charge in [-0.15, -0.1) is 0 Å². The summed E-state index contributed by atoms with van der Waals surface area (Å²) in [6.07, 6.45) is 1.38. The standard InChI is InChI=1S/C11H16N6O2/c1-2-19-11(18)7-6-8(15-5-14-7)17-10-9(16-6)12-3-4-13-10/h5,9-10,12-13,16H,2-4H2,1H3,(H,14,15,17). The van der Waals surface area contributed by atoms with Crippen LogP contribution < -0.4 is 21.3 Å². The number of aromatic nitrogens is 2. The third kappa shape index (κ3) is 2.20. The Kier molecular flexibility index (Phi) is 3.18. The molecule has 0 radical (unpaired) electrons. The van der Waals surface area contributed by atoms with Gasteiger partial charge in [0.05, 0.1) is 6.61 Å². The van der Waals surface area contributed by atoms with Crippen LogP contribution in [0, 0.1) is 0 Å². The van der Waals surface area contributed by atoms with E-state index in [4.69, 9.17) is 4.74 Å². The fraction of sp³-hybridized carbons (Fsp3) is 0.545. The topological polar surface area (TPSA) is 100 Å². The summed E-state index contributed by atoms with van der Waals surface area (Å²) in [5, 5.41) is 13.1. The molecule has 1 aromatic heterocycles. The first-order valence-corrected chi connectivity index (χ1v) is 6.31. The fourth-order valence-corrected chi connectivity index (χ4v) is 2.25. The van der Waals surface area contributed by atoms with E-state index in [-0.39, 0.29) is 18.0 Å². The summed E-state index contributed by atoms with van der Waals surface area (Å²) in [6.45, 7) is 3.81. The maximum absolute atomic E-state index is 11.9. The smallest absolute Gasteiger partial charge is 0.359 e. The van der Waals surface area contributed by atoms with Gasteiger partial charge in [0.15, 0.2) is 11.5 Å². The zero-order valence-corrected chi connectivity index (χ0v) is 10.6. The summed E-state index contributed by atoms with van der Waals surface area (Å²) in [7, 11) is 0. The molecule has 0 amide bonds. The van der Waals surface area contributed by atoms with Crippen LogP contribution in [0.1, 0.15) is 17.4 Å². The maximum atomic E-state index is 11.9. The molecular formula is C11H16N6O2. The number of fused-ring (bicyclic) bond motifs is 2. The number of anilines is 2. The van der Waals surface area contributed by atoms with E-state index in [1.807, 2.05) is 0 Å². The van der Waals surface area contributed by atoms with Gasteiger partial charge < -0.3 is 15.4 Å². The molecule has 4 N–H and O–H groups in total. The van der Waals surface area contributed by atoms with Gasteiger partial charge in [0.25, 0.3) is 0 Å². The summed E-state index contributed by atoms with van der Waals surface area (Å²) in [6, 6.07) is 0. The number of carbonyl (C=O) groups is 1. The number of hydrogen-bond acceptors (Lipinski definition) is 8. The average Bonchev–Trinajstić information content (AvgIpc) is 2.44. The minimum absolute atomic E-state index is 0.0135. The second-order valence-electron chi connectivity index (χ2n) is 4.32. The Morgan fingerprint density at radius 2 is 2.05 bits per heavy atom. The van der Waals surface area contributed by atoms with Crippen molar-refractivity contribution in [2.45, 2.75) is 19.3 Å². The second-order valence-corrected chi connectivity index (χ2v) is 4.32. The Morgan fingerprint density at radius 1 is 1.32 bits per heavy atom. The largest absolute Gasteiger partial charge is 0.461 e. The predicted octanol–water partition coefficient (Wildman–Crippen LogP) is -0.664. The first-order chi connectivity index (χ1) is 9.29. The van der Waals surface area contributed by atoms with Crippen molar-refractivity contribution in [2.75, 3.05) is 30.3 Å². The predicted molar refractivity (Wildman–Crippen MR) is 68.8 cm³/mol. The minimum Gasteiger partial charge on any atom is -0.461 e. The van der Waals surface area contributed by atoms with Crippen molar-refractivity contribution in [1.82, 2.24) is 20.6 Å². The van der Waals surface area contributed by atoms with Gasteiger partial charge in [0, 0.05) is 13.1 Å². The van der Waals surface area contributed by atoms with Gasteiger partial charge in [0.1, 0.15) is 24.3 Å². The molecule has 0 aliphatic carbocycles. The molecule has 2 atom stereocenters. The second kappa shape index (κ2) is 4.98. The Hall–Kier alpha value is -1.93. The van der Waals surface area contributed by atoms with Crippen molar-refractivity contribution in [3.63, 3.8) is 0 Å². The molecule has 2 unspecified atom stereocenters. The highest BCUT2D eigenvalue weighted by atomic mass is 16.5. The third-order valence-electron chi connectivity index (χ3n) is 3.09. The molecule has 102 valence electrons. The van der Waals surface area contributed by atoms with Crippen LogP contribution in [0.2, 0.25) is 0 Å². The number of nitrogens with one attached hydrogen (secondary N) is 4. The normalized spacial score (nSPS) is 24.5. The zero-order valence-electron chi connectivity index (χ0n) is 10.6. The van der Waals surface area contributed by atoms with E-state index in [2.05, 4.69) is 31.2 Å². The van der Waals surface area contributed by atoms with Gasteiger partial charge in [-0.25, -0.2) is 14.8 Å². The first-order valence-electron chi connectivity index (χ1n) is 6.31. The van der Waals surface area contributed by atoms with E-state index < -0.39 is 5.97 Å². The lowest BCUT2D eigenvalue weighted by molar-refractivity contribution is 0.0520. The van der Waals surface area contributed by atoms with Gasteiger partial charge in [0.2, 0.25) is 0 Å². The summed E-state index contributed by atoms with van der Waals surface area (Å²) in [4.78, 5) is 20.0. The van der Waals surface area contributed by atoms with Crippen LogP contribution in [-0.4, -0.2) is 48.0 Å². The summed E-state index contributed by atoms with van der Waals surface area (Å²) in [5.41, 5.74) is 0.837. The molecule has 0 bridgehead atoms. The van der Waals surface area contributed by atoms with Crippen LogP contribution in [0.5, 0.6) is 0 Å². The van der Waals surface area contributed by atoms with Crippen LogP contribution in [0.25, 0.3) is 0 Å². The van der Waals surface area contributed by atoms with Gasteiger partial charge in [-0.3, -0.25) is 10.6 Å². The molecule has 0 saturated carbocycles. The SMILES string of the molecule is CCOC(=O)c1ncnc2c1NC1NCCNC1N2. The van der Waals surface area contributed by atoms with Crippen LogP contribution in [0.4, 0.5) is 11.5 Å². The first kappa shape index (κ1) is 12.1. The van der Waals surface area contributed by atoms with Gasteiger partial charge in [-0.05, 0) is 6.92 Å². The van der Waals surface area contributed by atoms with E-state index in [0.717, 1.165) is 13.1 Å². The van der Waals surface area contributed by atoms with Crippen LogP contribution in [0.15, 0.2) is 6.33 Å². The quantitative estimate of drug-likeness (QED) is 0.522. The Balaban J connectivity index is 1.92. The molecule has 8 nitrogen and oxygen atoms in total. The molecule has 0 aromatic carbocycles. The number of ether oxygens (including phenoxy) is 1. The third-order valence-corrected chi connectivity index (χ3v) is 3.09. The molecule has 2 aliphatic heterocycles. The highest BCUT2D eigenvalue weighted by molar-refractivity contribution is 5.96. The number of nitrogens with zero attached hydrogens (tertiary/aromatic N) is 2. The lowest BCUT2D eigenvalue weighted by atomic mass is 10.2. The number of rotatable bonds is 2. The minimum atomic E-state index is -0.447. The number of piperazine rings is 1. The maximum Gasteiger partial charge on any atom is 0.359 e. The molecule has 3 heterocycles. The summed E-state index contributed by atoms with van der Waals surface area (Å²) < 4.78 is 5.00. The highest BCUT2D eigenvalue weighted by Crippen LogP contribution is 2.28. The molecule has 3 rings (SSSR count). The molecular weight excluding hydrogens is 248 g/mol. The Labute approximate surface area is 110 Å². The van der Waals surface area contributed by atoms with Crippen molar-refractivity contribution in [3.8, 4) is 0 Å². The Morgan fingerprint density at radius 3 is 2.79 bits per heavy atom. The monoisotopic (exact) mass is 264 g/mol. The van der Waals surface area contributed by atoms with Crippen LogP contribution in [-0.2, 0) is 4.74 Å². The lowest BCUT2D eigenvalue weighted by Crippen LogP contribution is -2.64. The van der Waals surface area contributed by atoms with Crippen molar-refractivity contribution < 1.29 is 9.53 Å².